The van der Waals surface area contributed by atoms with Crippen LogP contribution in [0.25, 0.3) is 0 Å². The van der Waals surface area contributed by atoms with Gasteiger partial charge in [0.1, 0.15) is 12.6 Å². The molecule has 0 aromatic heterocycles. The van der Waals surface area contributed by atoms with E-state index in [1.54, 1.807) is 24.3 Å². The quantitative estimate of drug-likeness (QED) is 0.244. The molecule has 0 saturated heterocycles. The second-order valence-corrected chi connectivity index (χ2v) is 5.84. The maximum atomic E-state index is 12.0. The molecule has 1 aromatic rings. The Bertz CT molecular complexity index is 723. The number of carboxylic acid groups (broad SMARTS) is 2. The molecule has 11 heteroatoms. The van der Waals surface area contributed by atoms with E-state index >= 15 is 0 Å². The highest BCUT2D eigenvalue weighted by Crippen LogP contribution is 2.01. The fraction of sp³-hybridized carbons (Fsp3) is 0.353. The highest BCUT2D eigenvalue weighted by atomic mass is 16.4. The monoisotopic (exact) mass is 394 g/mol. The third-order valence-electron chi connectivity index (χ3n) is 3.50. The van der Waals surface area contributed by atoms with Crippen LogP contribution in [0.1, 0.15) is 12.0 Å². The Labute approximate surface area is 160 Å². The molecule has 2 atom stereocenters. The summed E-state index contributed by atoms with van der Waals surface area (Å²) in [5.74, 6) is -5.08. The first kappa shape index (κ1) is 22.6. The molecule has 2 unspecified atom stereocenters. The van der Waals surface area contributed by atoms with Gasteiger partial charge in [-0.2, -0.15) is 0 Å². The zero-order valence-electron chi connectivity index (χ0n) is 14.9. The number of nitrogens with one attached hydrogen (secondary N) is 3. The molecule has 0 aliphatic rings. The van der Waals surface area contributed by atoms with Crippen molar-refractivity contribution in [1.82, 2.24) is 16.0 Å². The standard InChI is InChI=1S/C17H22N4O7/c18-11(6-10-4-2-1-3-5-10)16(27)19-8-13(22)21-12(7-14(23)24)17(28)20-9-15(25)26/h1-5,11-12H,6-9,18H2,(H,19,27)(H,20,28)(H,21,22)(H,23,24)(H,25,26). The topological polar surface area (TPSA) is 188 Å². The molecule has 0 saturated carbocycles. The summed E-state index contributed by atoms with van der Waals surface area (Å²) < 4.78 is 0. The molecule has 0 radical (unpaired) electrons. The maximum Gasteiger partial charge on any atom is 0.322 e. The number of benzene rings is 1. The zero-order valence-corrected chi connectivity index (χ0v) is 14.9. The summed E-state index contributed by atoms with van der Waals surface area (Å²) in [5, 5.41) is 23.8. The molecule has 0 heterocycles. The Balaban J connectivity index is 2.51. The largest absolute Gasteiger partial charge is 0.481 e. The Morgan fingerprint density at radius 1 is 0.893 bits per heavy atom. The van der Waals surface area contributed by atoms with E-state index in [1.165, 1.54) is 0 Å². The van der Waals surface area contributed by atoms with Crippen molar-refractivity contribution in [3.8, 4) is 0 Å². The van der Waals surface area contributed by atoms with Gasteiger partial charge in [0.15, 0.2) is 0 Å². The Morgan fingerprint density at radius 2 is 1.50 bits per heavy atom. The number of nitrogens with two attached hydrogens (primary N) is 1. The number of amides is 3. The fourth-order valence-corrected chi connectivity index (χ4v) is 2.17. The second-order valence-electron chi connectivity index (χ2n) is 5.84. The van der Waals surface area contributed by atoms with Crippen molar-refractivity contribution in [3.05, 3.63) is 35.9 Å². The molecule has 1 aromatic carbocycles. The van der Waals surface area contributed by atoms with Crippen LogP contribution < -0.4 is 21.7 Å². The van der Waals surface area contributed by atoms with Crippen LogP contribution in [-0.2, 0) is 30.4 Å². The third kappa shape index (κ3) is 8.76. The summed E-state index contributed by atoms with van der Waals surface area (Å²) in [6.07, 6.45) is -0.494. The van der Waals surface area contributed by atoms with Crippen molar-refractivity contribution < 1.29 is 34.2 Å². The number of carbonyl (C=O) groups is 5. The number of carboxylic acids is 2. The first-order valence-electron chi connectivity index (χ1n) is 8.27. The van der Waals surface area contributed by atoms with Gasteiger partial charge >= 0.3 is 11.9 Å². The van der Waals surface area contributed by atoms with Crippen molar-refractivity contribution in [3.63, 3.8) is 0 Å². The zero-order chi connectivity index (χ0) is 21.1. The van der Waals surface area contributed by atoms with Crippen LogP contribution in [0, 0.1) is 0 Å². The summed E-state index contributed by atoms with van der Waals surface area (Å²) >= 11 is 0. The molecule has 28 heavy (non-hydrogen) atoms. The molecule has 0 bridgehead atoms. The van der Waals surface area contributed by atoms with Crippen molar-refractivity contribution in [2.24, 2.45) is 5.73 Å². The average molecular weight is 394 g/mol. The van der Waals surface area contributed by atoms with Crippen molar-refractivity contribution in [2.75, 3.05) is 13.1 Å². The summed E-state index contributed by atoms with van der Waals surface area (Å²) in [7, 11) is 0. The van der Waals surface area contributed by atoms with Crippen LogP contribution in [0.2, 0.25) is 0 Å². The lowest BCUT2D eigenvalue weighted by atomic mass is 10.1. The van der Waals surface area contributed by atoms with Gasteiger partial charge in [0, 0.05) is 0 Å². The summed E-state index contributed by atoms with van der Waals surface area (Å²) in [5.41, 5.74) is 6.62. The van der Waals surface area contributed by atoms with Gasteiger partial charge in [-0.3, -0.25) is 24.0 Å². The molecule has 1 rings (SSSR count). The van der Waals surface area contributed by atoms with Gasteiger partial charge in [-0.05, 0) is 12.0 Å². The lowest BCUT2D eigenvalue weighted by Gasteiger charge is -2.17. The maximum absolute atomic E-state index is 12.0. The first-order chi connectivity index (χ1) is 13.2. The van der Waals surface area contributed by atoms with E-state index < -0.39 is 61.3 Å². The minimum absolute atomic E-state index is 0.257. The molecule has 0 aliphatic heterocycles. The van der Waals surface area contributed by atoms with E-state index in [2.05, 4.69) is 10.6 Å². The van der Waals surface area contributed by atoms with Gasteiger partial charge in [-0.1, -0.05) is 30.3 Å². The van der Waals surface area contributed by atoms with Crippen LogP contribution in [0.5, 0.6) is 0 Å². The minimum Gasteiger partial charge on any atom is -0.481 e. The Kier molecular flexibility index (Phi) is 9.10. The van der Waals surface area contributed by atoms with E-state index in [0.29, 0.717) is 0 Å². The second kappa shape index (κ2) is 11.3. The van der Waals surface area contributed by atoms with Crippen molar-refractivity contribution in [2.45, 2.75) is 24.9 Å². The predicted molar refractivity (Wildman–Crippen MR) is 96.0 cm³/mol. The van der Waals surface area contributed by atoms with Crippen molar-refractivity contribution in [1.29, 1.82) is 0 Å². The highest BCUT2D eigenvalue weighted by Gasteiger charge is 2.24. The number of rotatable bonds is 11. The van der Waals surface area contributed by atoms with E-state index in [1.807, 2.05) is 11.4 Å². The molecule has 3 amide bonds. The SMILES string of the molecule is NC(Cc1ccccc1)C(=O)NCC(=O)NC(CC(=O)O)C(=O)NCC(=O)O. The predicted octanol–water partition coefficient (Wildman–Crippen LogP) is -2.17. The number of carbonyl (C=O) groups excluding carboxylic acids is 3. The smallest absolute Gasteiger partial charge is 0.322 e. The fourth-order valence-electron chi connectivity index (χ4n) is 2.17. The van der Waals surface area contributed by atoms with Gasteiger partial charge in [0.05, 0.1) is 19.0 Å². The lowest BCUT2D eigenvalue weighted by molar-refractivity contribution is -0.141. The number of hydrogen-bond acceptors (Lipinski definition) is 6. The average Bonchev–Trinajstić information content (AvgIpc) is 2.63. The van der Waals surface area contributed by atoms with E-state index in [9.17, 15) is 24.0 Å². The van der Waals surface area contributed by atoms with Gasteiger partial charge in [-0.25, -0.2) is 0 Å². The van der Waals surface area contributed by atoms with Crippen LogP contribution in [-0.4, -0.2) is 65.0 Å². The lowest BCUT2D eigenvalue weighted by Crippen LogP contribution is -2.52. The summed E-state index contributed by atoms with van der Waals surface area (Å²) in [6.45, 7) is -1.25. The highest BCUT2D eigenvalue weighted by molar-refractivity contribution is 5.93. The van der Waals surface area contributed by atoms with E-state index in [0.717, 1.165) is 5.56 Å². The molecule has 0 aliphatic carbocycles. The molecule has 0 fully saturated rings. The van der Waals surface area contributed by atoms with E-state index in [-0.39, 0.29) is 6.42 Å². The molecule has 7 N–H and O–H groups in total. The van der Waals surface area contributed by atoms with Gasteiger partial charge in [0.25, 0.3) is 0 Å². The van der Waals surface area contributed by atoms with Gasteiger partial charge < -0.3 is 31.9 Å². The molecule has 152 valence electrons. The van der Waals surface area contributed by atoms with Crippen LogP contribution in [0.3, 0.4) is 0 Å². The van der Waals surface area contributed by atoms with Crippen LogP contribution >= 0.6 is 0 Å². The molecule has 0 spiro atoms. The summed E-state index contributed by atoms with van der Waals surface area (Å²) in [4.78, 5) is 57.0. The summed E-state index contributed by atoms with van der Waals surface area (Å²) in [6, 6.07) is 6.62. The Morgan fingerprint density at radius 3 is 2.07 bits per heavy atom. The van der Waals surface area contributed by atoms with Crippen LogP contribution in [0.15, 0.2) is 30.3 Å². The van der Waals surface area contributed by atoms with Crippen molar-refractivity contribution >= 4 is 29.7 Å². The van der Waals surface area contributed by atoms with Crippen LogP contribution in [0.4, 0.5) is 0 Å². The number of aliphatic carboxylic acids is 2. The van der Waals surface area contributed by atoms with Gasteiger partial charge in [0.2, 0.25) is 17.7 Å². The normalized spacial score (nSPS) is 12.3. The van der Waals surface area contributed by atoms with Gasteiger partial charge in [-0.15, -0.1) is 0 Å². The molecule has 11 nitrogen and oxygen atoms in total. The molecular weight excluding hydrogens is 372 g/mol. The third-order valence-corrected chi connectivity index (χ3v) is 3.50. The molecular formula is C17H22N4O7. The van der Waals surface area contributed by atoms with E-state index in [4.69, 9.17) is 15.9 Å². The number of hydrogen-bond donors (Lipinski definition) is 6. The Hall–Kier alpha value is -3.47. The minimum atomic E-state index is -1.49. The first-order valence-corrected chi connectivity index (χ1v) is 8.27.